The van der Waals surface area contributed by atoms with Crippen LogP contribution in [0.3, 0.4) is 0 Å². The van der Waals surface area contributed by atoms with Crippen LogP contribution < -0.4 is 4.74 Å². The highest BCUT2D eigenvalue weighted by Gasteiger charge is 2.23. The maximum Gasteiger partial charge on any atom is 0.238 e. The van der Waals surface area contributed by atoms with Gasteiger partial charge in [0.05, 0.1) is 0 Å². The van der Waals surface area contributed by atoms with Crippen LogP contribution in [0.15, 0.2) is 94.3 Å². The number of rotatable bonds is 6. The van der Waals surface area contributed by atoms with Crippen LogP contribution in [0.25, 0.3) is 33.2 Å². The Hall–Kier alpha value is -5.06. The van der Waals surface area contributed by atoms with E-state index in [2.05, 4.69) is 17.0 Å². The molecule has 5 rings (SSSR count). The predicted molar refractivity (Wildman–Crippen MR) is 149 cm³/mol. The molecule has 1 aromatic heterocycles. The summed E-state index contributed by atoms with van der Waals surface area (Å²) in [6, 6.07) is 30.3. The average Bonchev–Trinajstić information content (AvgIpc) is 3.30. The molecule has 0 saturated heterocycles. The lowest BCUT2D eigenvalue weighted by atomic mass is 9.97. The number of hydrogen-bond donors (Lipinski definition) is 0. The quantitative estimate of drug-likeness (QED) is 0.183. The first-order chi connectivity index (χ1) is 18.1. The summed E-state index contributed by atoms with van der Waals surface area (Å²) in [5.74, 6) is 3.97. The third kappa shape index (κ3) is 4.74. The van der Waals surface area contributed by atoms with Crippen molar-refractivity contribution in [1.82, 2.24) is 0 Å². The number of nitriles is 1. The molecule has 4 heteroatoms. The molecule has 4 nitrogen and oxygen atoms in total. The van der Waals surface area contributed by atoms with Crippen molar-refractivity contribution in [2.75, 3.05) is 6.61 Å². The molecular formula is C33H24N2O2. The Kier molecular flexibility index (Phi) is 6.58. The SMILES string of the molecule is C#CCOc1ccc2ccccc2c1C=Nc1oc(-c2ccc(C)cc2)c(-c2ccc(C)cc2)c1C#N. The fourth-order valence-corrected chi connectivity index (χ4v) is 4.29. The number of aryl methyl sites for hydroxylation is 2. The van der Waals surface area contributed by atoms with Crippen molar-refractivity contribution < 1.29 is 9.15 Å². The Labute approximate surface area is 216 Å². The van der Waals surface area contributed by atoms with E-state index in [1.54, 1.807) is 6.21 Å². The van der Waals surface area contributed by atoms with E-state index in [0.717, 1.165) is 44.2 Å². The highest BCUT2D eigenvalue weighted by atomic mass is 16.5. The Bertz CT molecular complexity index is 1690. The fourth-order valence-electron chi connectivity index (χ4n) is 4.29. The molecule has 4 aromatic carbocycles. The van der Waals surface area contributed by atoms with Crippen LogP contribution in [0.5, 0.6) is 5.75 Å². The summed E-state index contributed by atoms with van der Waals surface area (Å²) in [5.41, 5.74) is 5.91. The second-order valence-electron chi connectivity index (χ2n) is 8.78. The number of terminal acetylenes is 1. The van der Waals surface area contributed by atoms with Gasteiger partial charge in [0.15, 0.2) is 0 Å². The van der Waals surface area contributed by atoms with Gasteiger partial charge in [-0.1, -0.05) is 95.9 Å². The van der Waals surface area contributed by atoms with Crippen molar-refractivity contribution in [2.24, 2.45) is 4.99 Å². The van der Waals surface area contributed by atoms with Gasteiger partial charge >= 0.3 is 0 Å². The topological polar surface area (TPSA) is 58.5 Å². The van der Waals surface area contributed by atoms with Crippen LogP contribution in [0.4, 0.5) is 5.88 Å². The summed E-state index contributed by atoms with van der Waals surface area (Å²) in [5, 5.41) is 12.2. The molecule has 178 valence electrons. The molecular weight excluding hydrogens is 456 g/mol. The van der Waals surface area contributed by atoms with E-state index in [0.29, 0.717) is 17.1 Å². The van der Waals surface area contributed by atoms with Gasteiger partial charge in [-0.2, -0.15) is 5.26 Å². The van der Waals surface area contributed by atoms with E-state index >= 15 is 0 Å². The monoisotopic (exact) mass is 480 g/mol. The molecule has 1 heterocycles. The second-order valence-corrected chi connectivity index (χ2v) is 8.78. The van der Waals surface area contributed by atoms with Crippen LogP contribution in [-0.4, -0.2) is 12.8 Å². The zero-order valence-corrected chi connectivity index (χ0v) is 20.7. The number of fused-ring (bicyclic) bond motifs is 1. The smallest absolute Gasteiger partial charge is 0.238 e. The standard InChI is InChI=1S/C33H24N2O2/c1-4-19-36-30-18-17-24-7-5-6-8-27(24)29(30)21-35-33-28(20-34)31(25-13-9-22(2)10-14-25)32(37-33)26-15-11-23(3)12-16-26/h1,5-18,21H,19H2,2-3H3. The number of nitrogens with zero attached hydrogens (tertiary/aromatic N) is 2. The third-order valence-corrected chi connectivity index (χ3v) is 6.21. The Morgan fingerprint density at radius 3 is 2.24 bits per heavy atom. The summed E-state index contributed by atoms with van der Waals surface area (Å²) >= 11 is 0. The molecule has 5 aromatic rings. The van der Waals surface area contributed by atoms with Gasteiger partial charge in [0.25, 0.3) is 0 Å². The molecule has 0 amide bonds. The largest absolute Gasteiger partial charge is 0.480 e. The highest BCUT2D eigenvalue weighted by molar-refractivity contribution is 6.03. The first-order valence-electron chi connectivity index (χ1n) is 11.9. The Morgan fingerprint density at radius 1 is 0.892 bits per heavy atom. The maximum atomic E-state index is 10.2. The fraction of sp³-hybridized carbons (Fsp3) is 0.0909. The minimum atomic E-state index is 0.137. The van der Waals surface area contributed by atoms with Crippen LogP contribution >= 0.6 is 0 Å². The van der Waals surface area contributed by atoms with Crippen molar-refractivity contribution >= 4 is 22.9 Å². The molecule has 0 spiro atoms. The van der Waals surface area contributed by atoms with Gasteiger partial charge in [0.2, 0.25) is 5.88 Å². The lowest BCUT2D eigenvalue weighted by Gasteiger charge is -2.09. The van der Waals surface area contributed by atoms with E-state index in [1.807, 2.05) is 98.8 Å². The van der Waals surface area contributed by atoms with Gasteiger partial charge < -0.3 is 9.15 Å². The minimum Gasteiger partial charge on any atom is -0.480 e. The molecule has 0 aliphatic heterocycles. The summed E-state index contributed by atoms with van der Waals surface area (Å²) in [6.07, 6.45) is 7.12. The average molecular weight is 481 g/mol. The van der Waals surface area contributed by atoms with E-state index in [1.165, 1.54) is 0 Å². The molecule has 0 atom stereocenters. The van der Waals surface area contributed by atoms with E-state index in [4.69, 9.17) is 15.6 Å². The minimum absolute atomic E-state index is 0.137. The van der Waals surface area contributed by atoms with Crippen LogP contribution in [0.1, 0.15) is 22.3 Å². The van der Waals surface area contributed by atoms with E-state index in [-0.39, 0.29) is 12.5 Å². The molecule has 0 aliphatic carbocycles. The van der Waals surface area contributed by atoms with E-state index < -0.39 is 0 Å². The maximum absolute atomic E-state index is 10.2. The Morgan fingerprint density at radius 2 is 1.57 bits per heavy atom. The number of ether oxygens (including phenoxy) is 1. The van der Waals surface area contributed by atoms with Crippen LogP contribution in [0.2, 0.25) is 0 Å². The van der Waals surface area contributed by atoms with Gasteiger partial charge in [-0.25, -0.2) is 4.99 Å². The molecule has 0 N–H and O–H groups in total. The van der Waals surface area contributed by atoms with E-state index in [9.17, 15) is 5.26 Å². The summed E-state index contributed by atoms with van der Waals surface area (Å²) < 4.78 is 12.1. The molecule has 0 unspecified atom stereocenters. The van der Waals surface area contributed by atoms with Gasteiger partial charge in [0, 0.05) is 22.9 Å². The van der Waals surface area contributed by atoms with Gasteiger partial charge in [-0.3, -0.25) is 0 Å². The first-order valence-corrected chi connectivity index (χ1v) is 11.9. The lowest BCUT2D eigenvalue weighted by Crippen LogP contribution is -1.98. The molecule has 0 saturated carbocycles. The summed E-state index contributed by atoms with van der Waals surface area (Å²) in [4.78, 5) is 4.69. The van der Waals surface area contributed by atoms with Crippen molar-refractivity contribution in [3.63, 3.8) is 0 Å². The van der Waals surface area contributed by atoms with Gasteiger partial charge in [-0.05, 0) is 36.2 Å². The summed E-state index contributed by atoms with van der Waals surface area (Å²) in [7, 11) is 0. The predicted octanol–water partition coefficient (Wildman–Crippen LogP) is 8.02. The normalized spacial score (nSPS) is 10.9. The molecule has 0 fully saturated rings. The van der Waals surface area contributed by atoms with Crippen LogP contribution in [0, 0.1) is 37.5 Å². The van der Waals surface area contributed by atoms with Crippen LogP contribution in [-0.2, 0) is 0 Å². The number of hydrogen-bond acceptors (Lipinski definition) is 4. The van der Waals surface area contributed by atoms with Crippen molar-refractivity contribution in [2.45, 2.75) is 13.8 Å². The van der Waals surface area contributed by atoms with Crippen molar-refractivity contribution in [3.05, 3.63) is 107 Å². The zero-order chi connectivity index (χ0) is 25.8. The Balaban J connectivity index is 1.70. The molecule has 37 heavy (non-hydrogen) atoms. The number of aliphatic imine (C=N–C) groups is 1. The lowest BCUT2D eigenvalue weighted by molar-refractivity contribution is 0.370. The molecule has 0 radical (unpaired) electrons. The second kappa shape index (κ2) is 10.3. The van der Waals surface area contributed by atoms with Gasteiger partial charge in [0.1, 0.15) is 29.7 Å². The highest BCUT2D eigenvalue weighted by Crippen LogP contribution is 2.43. The van der Waals surface area contributed by atoms with Crippen molar-refractivity contribution in [3.8, 4) is 46.6 Å². The van der Waals surface area contributed by atoms with Gasteiger partial charge in [-0.15, -0.1) is 6.42 Å². The third-order valence-electron chi connectivity index (χ3n) is 6.21. The summed E-state index contributed by atoms with van der Waals surface area (Å²) in [6.45, 7) is 4.21. The number of furan rings is 1. The van der Waals surface area contributed by atoms with Crippen molar-refractivity contribution in [1.29, 1.82) is 5.26 Å². The first kappa shape index (κ1) is 23.7. The number of benzene rings is 4. The molecule has 0 aliphatic rings. The zero-order valence-electron chi connectivity index (χ0n) is 20.7. The molecule has 0 bridgehead atoms.